The van der Waals surface area contributed by atoms with E-state index >= 15 is 0 Å². The second kappa shape index (κ2) is 27.4. The Morgan fingerprint density at radius 1 is 0.800 bits per heavy atom. The Bertz CT molecular complexity index is 2120. The van der Waals surface area contributed by atoms with Crippen molar-refractivity contribution in [1.82, 2.24) is 25.8 Å². The van der Waals surface area contributed by atoms with Gasteiger partial charge in [0.1, 0.15) is 0 Å². The van der Waals surface area contributed by atoms with Crippen molar-refractivity contribution in [3.63, 3.8) is 0 Å². The third-order valence-electron chi connectivity index (χ3n) is 11.6. The molecule has 65 heavy (non-hydrogen) atoms. The summed E-state index contributed by atoms with van der Waals surface area (Å²) in [4.78, 5) is 75.7. The molecule has 4 atom stereocenters. The smallest absolute Gasteiger partial charge is 0.311 e. The SMILES string of the molecule is CCC[C@H](C(=O)O)c1c(-c2ccc(Cl)cc2)c2cc(Cl)ccc2n(CCNC(=O)CCC(=O)NCCCOCCOCCOCCCNC(=O)CCCCC2SC[C@H]3NC(=O)C[C@@H]23)c1=O. The van der Waals surface area contributed by atoms with Crippen molar-refractivity contribution >= 4 is 75.5 Å². The Kier molecular flexibility index (Phi) is 21.9. The van der Waals surface area contributed by atoms with Gasteiger partial charge in [-0.15, -0.1) is 0 Å². The molecule has 0 spiro atoms. The molecule has 4 amide bonds. The number of amides is 4. The van der Waals surface area contributed by atoms with E-state index in [1.165, 1.54) is 4.57 Å². The number of fused-ring (bicyclic) bond motifs is 2. The Morgan fingerprint density at radius 3 is 2.03 bits per heavy atom. The van der Waals surface area contributed by atoms with Crippen molar-refractivity contribution in [3.8, 4) is 11.1 Å². The number of carbonyl (C=O) groups excluding carboxylic acids is 4. The predicted molar refractivity (Wildman–Crippen MR) is 254 cm³/mol. The highest BCUT2D eigenvalue weighted by Gasteiger charge is 2.42. The van der Waals surface area contributed by atoms with Crippen molar-refractivity contribution < 1.29 is 43.3 Å². The Labute approximate surface area is 394 Å². The van der Waals surface area contributed by atoms with Gasteiger partial charge in [-0.25, -0.2) is 0 Å². The van der Waals surface area contributed by atoms with Crippen LogP contribution >= 0.6 is 35.0 Å². The van der Waals surface area contributed by atoms with E-state index in [2.05, 4.69) is 21.3 Å². The number of unbranched alkanes of at least 4 members (excludes halogenated alkanes) is 1. The topological polar surface area (TPSA) is 203 Å². The zero-order chi connectivity index (χ0) is 46.6. The van der Waals surface area contributed by atoms with Crippen LogP contribution < -0.4 is 26.8 Å². The molecule has 3 heterocycles. The lowest BCUT2D eigenvalue weighted by atomic mass is 9.86. The summed E-state index contributed by atoms with van der Waals surface area (Å²) in [5, 5.41) is 23.9. The molecule has 5 rings (SSSR count). The van der Waals surface area contributed by atoms with Crippen LogP contribution in [0.4, 0.5) is 0 Å². The van der Waals surface area contributed by atoms with Gasteiger partial charge in [0, 0.05) is 115 Å². The lowest BCUT2D eigenvalue weighted by molar-refractivity contribution is -0.139. The second-order valence-corrected chi connectivity index (χ2v) is 18.5. The summed E-state index contributed by atoms with van der Waals surface area (Å²) >= 11 is 14.6. The molecule has 2 aliphatic rings. The van der Waals surface area contributed by atoms with Gasteiger partial charge in [0.2, 0.25) is 23.6 Å². The second-order valence-electron chi connectivity index (χ2n) is 16.3. The van der Waals surface area contributed by atoms with Crippen molar-refractivity contribution in [3.05, 3.63) is 68.4 Å². The maximum atomic E-state index is 14.2. The summed E-state index contributed by atoms with van der Waals surface area (Å²) in [7, 11) is 0. The highest BCUT2D eigenvalue weighted by molar-refractivity contribution is 8.00. The molecular weight excluding hydrogens is 898 g/mol. The van der Waals surface area contributed by atoms with Crippen LogP contribution in [0.1, 0.15) is 89.0 Å². The number of nitrogens with one attached hydrogen (secondary N) is 4. The third-order valence-corrected chi connectivity index (χ3v) is 13.6. The molecule has 0 saturated carbocycles. The monoisotopic (exact) mass is 959 g/mol. The van der Waals surface area contributed by atoms with Crippen LogP contribution in [0.25, 0.3) is 22.0 Å². The highest BCUT2D eigenvalue weighted by atomic mass is 35.5. The maximum Gasteiger partial charge on any atom is 0.311 e. The largest absolute Gasteiger partial charge is 0.481 e. The molecule has 2 fully saturated rings. The van der Waals surface area contributed by atoms with E-state index in [-0.39, 0.29) is 61.5 Å². The van der Waals surface area contributed by atoms with Crippen LogP contribution in [-0.2, 0) is 44.7 Å². The van der Waals surface area contributed by atoms with E-state index < -0.39 is 17.4 Å². The standard InChI is InChI=1S/C47H63Cl2N5O10S/c1-2-7-34(47(60)61)45-44(31-10-12-32(48)13-11-31)36-28-33(49)14-15-38(36)54(46(45)59)21-20-52-42(57)17-16-41(56)51-19-6-23-63-25-27-64-26-24-62-22-5-18-50-40(55)9-4-3-8-39-35-29-43(58)53-37(35)30-65-39/h10-15,28,34-35,37,39H,2-9,16-27,29-30H2,1H3,(H,50,55)(H,51,56)(H,52,57)(H,53,58)(H,60,61)/t34-,35+,37+,39?/m0/s1. The van der Waals surface area contributed by atoms with Gasteiger partial charge in [-0.1, -0.05) is 55.1 Å². The summed E-state index contributed by atoms with van der Waals surface area (Å²) in [6.45, 7) is 5.61. The van der Waals surface area contributed by atoms with Crippen molar-refractivity contribution in [2.75, 3.05) is 65.0 Å². The molecule has 1 aromatic heterocycles. The van der Waals surface area contributed by atoms with Gasteiger partial charge in [-0.2, -0.15) is 11.8 Å². The van der Waals surface area contributed by atoms with Crippen molar-refractivity contribution in [1.29, 1.82) is 0 Å². The molecule has 1 unspecified atom stereocenters. The number of pyridine rings is 1. The van der Waals surface area contributed by atoms with E-state index in [0.29, 0.717) is 128 Å². The molecule has 2 aliphatic heterocycles. The van der Waals surface area contributed by atoms with E-state index in [9.17, 15) is 33.9 Å². The minimum Gasteiger partial charge on any atom is -0.481 e. The third kappa shape index (κ3) is 16.3. The average molecular weight is 961 g/mol. The van der Waals surface area contributed by atoms with Crippen molar-refractivity contribution in [2.45, 2.75) is 101 Å². The number of ether oxygens (including phenoxy) is 3. The zero-order valence-electron chi connectivity index (χ0n) is 37.1. The van der Waals surface area contributed by atoms with Gasteiger partial charge in [0.25, 0.3) is 5.56 Å². The van der Waals surface area contributed by atoms with Crippen LogP contribution in [0.15, 0.2) is 47.3 Å². The number of hydrogen-bond acceptors (Lipinski definition) is 10. The number of carboxylic acid groups (broad SMARTS) is 1. The molecule has 2 aromatic carbocycles. The van der Waals surface area contributed by atoms with E-state index in [0.717, 1.165) is 31.4 Å². The number of hydrogen-bond donors (Lipinski definition) is 5. The first-order valence-electron chi connectivity index (χ1n) is 22.8. The normalized spacial score (nSPS) is 17.2. The van der Waals surface area contributed by atoms with Gasteiger partial charge in [0.15, 0.2) is 0 Å². The Balaban J connectivity index is 0.884. The van der Waals surface area contributed by atoms with Crippen LogP contribution in [0.5, 0.6) is 0 Å². The average Bonchev–Trinajstić information content (AvgIpc) is 3.84. The first-order chi connectivity index (χ1) is 31.5. The summed E-state index contributed by atoms with van der Waals surface area (Å²) in [5.74, 6) is -1.12. The van der Waals surface area contributed by atoms with Gasteiger partial charge in [-0.05, 0) is 68.0 Å². The van der Waals surface area contributed by atoms with Gasteiger partial charge >= 0.3 is 5.97 Å². The number of carbonyl (C=O) groups is 5. The molecule has 0 bridgehead atoms. The molecule has 3 aromatic rings. The van der Waals surface area contributed by atoms with Crippen LogP contribution in [0.2, 0.25) is 10.0 Å². The lowest BCUT2D eigenvalue weighted by Gasteiger charge is -2.22. The number of aromatic nitrogens is 1. The minimum atomic E-state index is -1.11. The number of thioether (sulfide) groups is 1. The summed E-state index contributed by atoms with van der Waals surface area (Å²) in [6, 6.07) is 12.3. The number of benzene rings is 2. The number of halogens is 2. The summed E-state index contributed by atoms with van der Waals surface area (Å²) in [6.07, 6.45) is 6.11. The molecule has 2 saturated heterocycles. The number of nitrogens with zero attached hydrogens (tertiary/aromatic N) is 1. The van der Waals surface area contributed by atoms with E-state index in [1.807, 2.05) is 18.7 Å². The molecule has 0 radical (unpaired) electrons. The van der Waals surface area contributed by atoms with Crippen LogP contribution in [-0.4, -0.2) is 116 Å². The number of carboxylic acids is 1. The predicted octanol–water partition coefficient (Wildman–Crippen LogP) is 6.08. The Morgan fingerprint density at radius 2 is 1.40 bits per heavy atom. The molecule has 356 valence electrons. The number of rotatable bonds is 30. The fourth-order valence-electron chi connectivity index (χ4n) is 8.31. The summed E-state index contributed by atoms with van der Waals surface area (Å²) < 4.78 is 18.2. The fraction of sp³-hybridized carbons (Fsp3) is 0.574. The zero-order valence-corrected chi connectivity index (χ0v) is 39.5. The molecule has 5 N–H and O–H groups in total. The maximum absolute atomic E-state index is 14.2. The van der Waals surface area contributed by atoms with Crippen LogP contribution in [0, 0.1) is 5.92 Å². The number of aliphatic carboxylic acids is 1. The minimum absolute atomic E-state index is 0.0131. The fourth-order valence-corrected chi connectivity index (χ4v) is 10.3. The van der Waals surface area contributed by atoms with E-state index in [4.69, 9.17) is 37.4 Å². The molecule has 15 nitrogen and oxygen atoms in total. The van der Waals surface area contributed by atoms with Gasteiger partial charge in [0.05, 0.1) is 37.9 Å². The summed E-state index contributed by atoms with van der Waals surface area (Å²) in [5.41, 5.74) is 1.33. The first kappa shape index (κ1) is 51.8. The Hall–Kier alpha value is -4.19. The quantitative estimate of drug-likeness (QED) is 0.0485. The van der Waals surface area contributed by atoms with Crippen molar-refractivity contribution in [2.24, 2.45) is 5.92 Å². The molecule has 18 heteroatoms. The molecular formula is C47H63Cl2N5O10S. The van der Waals surface area contributed by atoms with Gasteiger partial charge < -0.3 is 45.2 Å². The van der Waals surface area contributed by atoms with Crippen LogP contribution in [0.3, 0.4) is 0 Å². The lowest BCUT2D eigenvalue weighted by Crippen LogP contribution is -2.34. The first-order valence-corrected chi connectivity index (χ1v) is 24.6. The van der Waals surface area contributed by atoms with E-state index in [1.54, 1.807) is 42.5 Å². The van der Waals surface area contributed by atoms with Gasteiger partial charge in [-0.3, -0.25) is 28.8 Å². The molecule has 0 aliphatic carbocycles. The highest BCUT2D eigenvalue weighted by Crippen LogP contribution is 2.41.